The minimum absolute atomic E-state index is 0.0371. The minimum Gasteiger partial charge on any atom is -0.457 e. The summed E-state index contributed by atoms with van der Waals surface area (Å²) in [6.07, 6.45) is 2.93. The molecule has 0 saturated carbocycles. The average Bonchev–Trinajstić information content (AvgIpc) is 2.33. The van der Waals surface area contributed by atoms with Crippen molar-refractivity contribution in [2.75, 3.05) is 6.61 Å². The van der Waals surface area contributed by atoms with E-state index in [4.69, 9.17) is 10.00 Å². The molecule has 0 heterocycles. The van der Waals surface area contributed by atoms with Gasteiger partial charge in [0.2, 0.25) is 0 Å². The van der Waals surface area contributed by atoms with Crippen molar-refractivity contribution in [3.63, 3.8) is 0 Å². The highest BCUT2D eigenvalue weighted by molar-refractivity contribution is 9.10. The number of ether oxygens (including phenoxy) is 1. The fraction of sp³-hybridized carbons (Fsp3) is 0.0769. The van der Waals surface area contributed by atoms with Gasteiger partial charge >= 0.3 is 5.97 Å². The molecule has 1 aromatic carbocycles. The number of carbonyl (C=O) groups excluding carboxylic acids is 1. The largest absolute Gasteiger partial charge is 0.457 e. The highest BCUT2D eigenvalue weighted by Gasteiger charge is 2.09. The van der Waals surface area contributed by atoms with Crippen LogP contribution in [0.4, 0.5) is 0 Å². The molecule has 0 aliphatic carbocycles. The van der Waals surface area contributed by atoms with Crippen LogP contribution < -0.4 is 0 Å². The lowest BCUT2D eigenvalue weighted by atomic mass is 10.1. The molecule has 0 atom stereocenters. The van der Waals surface area contributed by atoms with Crippen LogP contribution in [0.3, 0.4) is 0 Å². The standard InChI is InChI=1S/C13H10BrNO2/c1-2-6-17-13(16)11(9-15)7-10-4-3-5-12(14)8-10/h2-5,7-8H,1,6H2/b11-7-. The molecule has 0 radical (unpaired) electrons. The Kier molecular flexibility index (Phi) is 5.18. The van der Waals surface area contributed by atoms with Gasteiger partial charge in [-0.1, -0.05) is 40.7 Å². The first-order valence-electron chi connectivity index (χ1n) is 4.82. The number of hydrogen-bond donors (Lipinski definition) is 0. The Hall–Kier alpha value is -1.86. The van der Waals surface area contributed by atoms with Crippen molar-refractivity contribution in [1.82, 2.24) is 0 Å². The summed E-state index contributed by atoms with van der Waals surface area (Å²) in [7, 11) is 0. The van der Waals surface area contributed by atoms with Crippen molar-refractivity contribution < 1.29 is 9.53 Å². The highest BCUT2D eigenvalue weighted by atomic mass is 79.9. The van der Waals surface area contributed by atoms with Gasteiger partial charge in [0.05, 0.1) is 0 Å². The van der Waals surface area contributed by atoms with E-state index in [1.807, 2.05) is 18.2 Å². The second-order valence-electron chi connectivity index (χ2n) is 3.11. The Labute approximate surface area is 108 Å². The van der Waals surface area contributed by atoms with E-state index in [2.05, 4.69) is 22.5 Å². The number of hydrogen-bond acceptors (Lipinski definition) is 3. The van der Waals surface area contributed by atoms with Gasteiger partial charge < -0.3 is 4.74 Å². The fourth-order valence-electron chi connectivity index (χ4n) is 1.11. The fourth-order valence-corrected chi connectivity index (χ4v) is 1.53. The van der Waals surface area contributed by atoms with E-state index in [1.54, 1.807) is 12.1 Å². The molecule has 0 N–H and O–H groups in total. The number of esters is 1. The molecule has 1 rings (SSSR count). The maximum Gasteiger partial charge on any atom is 0.349 e. The Morgan fingerprint density at radius 1 is 1.59 bits per heavy atom. The topological polar surface area (TPSA) is 50.1 Å². The van der Waals surface area contributed by atoms with Gasteiger partial charge in [-0.05, 0) is 23.8 Å². The van der Waals surface area contributed by atoms with Crippen LogP contribution in [0.5, 0.6) is 0 Å². The molecule has 0 amide bonds. The van der Waals surface area contributed by atoms with Crippen LogP contribution in [0.2, 0.25) is 0 Å². The lowest BCUT2D eigenvalue weighted by Crippen LogP contribution is -2.06. The van der Waals surface area contributed by atoms with Crippen molar-refractivity contribution in [2.24, 2.45) is 0 Å². The Morgan fingerprint density at radius 3 is 2.94 bits per heavy atom. The van der Waals surface area contributed by atoms with E-state index in [0.717, 1.165) is 10.0 Å². The first-order valence-corrected chi connectivity index (χ1v) is 5.62. The van der Waals surface area contributed by atoms with Gasteiger partial charge in [0, 0.05) is 4.47 Å². The van der Waals surface area contributed by atoms with Gasteiger partial charge in [0.1, 0.15) is 18.2 Å². The number of nitriles is 1. The van der Waals surface area contributed by atoms with E-state index >= 15 is 0 Å². The highest BCUT2D eigenvalue weighted by Crippen LogP contribution is 2.14. The van der Waals surface area contributed by atoms with Crippen molar-refractivity contribution >= 4 is 28.0 Å². The van der Waals surface area contributed by atoms with E-state index in [9.17, 15) is 4.79 Å². The van der Waals surface area contributed by atoms with Crippen LogP contribution in [0.25, 0.3) is 6.08 Å². The smallest absolute Gasteiger partial charge is 0.349 e. The zero-order valence-electron chi connectivity index (χ0n) is 9.02. The van der Waals surface area contributed by atoms with Gasteiger partial charge in [0.25, 0.3) is 0 Å². The maximum absolute atomic E-state index is 11.4. The second kappa shape index (κ2) is 6.66. The first-order chi connectivity index (χ1) is 8.17. The van der Waals surface area contributed by atoms with Crippen LogP contribution in [-0.4, -0.2) is 12.6 Å². The van der Waals surface area contributed by atoms with E-state index < -0.39 is 5.97 Å². The predicted octanol–water partition coefficient (Wildman–Crippen LogP) is 3.09. The third-order valence-corrected chi connectivity index (χ3v) is 2.33. The zero-order valence-corrected chi connectivity index (χ0v) is 10.6. The van der Waals surface area contributed by atoms with E-state index in [-0.39, 0.29) is 12.2 Å². The summed E-state index contributed by atoms with van der Waals surface area (Å²) < 4.78 is 5.66. The Balaban J connectivity index is 2.91. The van der Waals surface area contributed by atoms with Crippen molar-refractivity contribution in [3.05, 3.63) is 52.5 Å². The second-order valence-corrected chi connectivity index (χ2v) is 4.03. The lowest BCUT2D eigenvalue weighted by molar-refractivity contribution is -0.137. The molecule has 17 heavy (non-hydrogen) atoms. The number of halogens is 1. The number of rotatable bonds is 4. The van der Waals surface area contributed by atoms with Gasteiger partial charge in [0.15, 0.2) is 0 Å². The summed E-state index contributed by atoms with van der Waals surface area (Å²) in [5.41, 5.74) is 0.719. The van der Waals surface area contributed by atoms with Crippen molar-refractivity contribution in [1.29, 1.82) is 5.26 Å². The normalized spacial score (nSPS) is 10.5. The summed E-state index contributed by atoms with van der Waals surface area (Å²) in [5, 5.41) is 8.87. The molecule has 4 heteroatoms. The summed E-state index contributed by atoms with van der Waals surface area (Å²) in [4.78, 5) is 11.4. The lowest BCUT2D eigenvalue weighted by Gasteiger charge is -2.00. The molecular formula is C13H10BrNO2. The molecule has 0 saturated heterocycles. The molecule has 3 nitrogen and oxygen atoms in total. The molecule has 0 aliphatic rings. The SMILES string of the molecule is C=CCOC(=O)/C(C#N)=C\c1cccc(Br)c1. The van der Waals surface area contributed by atoms with Crippen LogP contribution in [0.15, 0.2) is 47.0 Å². The molecule has 0 fully saturated rings. The summed E-state index contributed by atoms with van der Waals surface area (Å²) in [5.74, 6) is -0.646. The molecule has 0 bridgehead atoms. The minimum atomic E-state index is -0.646. The van der Waals surface area contributed by atoms with Crippen molar-refractivity contribution in [2.45, 2.75) is 0 Å². The van der Waals surface area contributed by atoms with Gasteiger partial charge in [-0.3, -0.25) is 0 Å². The number of benzene rings is 1. The monoisotopic (exact) mass is 291 g/mol. The van der Waals surface area contributed by atoms with Crippen LogP contribution in [-0.2, 0) is 9.53 Å². The van der Waals surface area contributed by atoms with Gasteiger partial charge in [-0.25, -0.2) is 4.79 Å². The molecule has 0 aliphatic heterocycles. The summed E-state index contributed by atoms with van der Waals surface area (Å²) >= 11 is 3.31. The zero-order chi connectivity index (χ0) is 12.7. The number of carbonyl (C=O) groups is 1. The van der Waals surface area contributed by atoms with Crippen molar-refractivity contribution in [3.8, 4) is 6.07 Å². The number of nitrogens with zero attached hydrogens (tertiary/aromatic N) is 1. The Bertz CT molecular complexity index is 500. The third kappa shape index (κ3) is 4.25. The van der Waals surface area contributed by atoms with Gasteiger partial charge in [-0.2, -0.15) is 5.26 Å². The average molecular weight is 292 g/mol. The molecule has 86 valence electrons. The van der Waals surface area contributed by atoms with E-state index in [1.165, 1.54) is 12.2 Å². The Morgan fingerprint density at radius 2 is 2.35 bits per heavy atom. The molecule has 0 unspecified atom stereocenters. The molecule has 0 spiro atoms. The van der Waals surface area contributed by atoms with Crippen LogP contribution >= 0.6 is 15.9 Å². The molecule has 1 aromatic rings. The predicted molar refractivity (Wildman–Crippen MR) is 68.9 cm³/mol. The summed E-state index contributed by atoms with van der Waals surface area (Å²) in [6, 6.07) is 9.09. The third-order valence-electron chi connectivity index (χ3n) is 1.83. The summed E-state index contributed by atoms with van der Waals surface area (Å²) in [6.45, 7) is 3.52. The maximum atomic E-state index is 11.4. The van der Waals surface area contributed by atoms with E-state index in [0.29, 0.717) is 0 Å². The first kappa shape index (κ1) is 13.2. The molecular weight excluding hydrogens is 282 g/mol. The molecule has 0 aromatic heterocycles. The van der Waals surface area contributed by atoms with Gasteiger partial charge in [-0.15, -0.1) is 0 Å². The van der Waals surface area contributed by atoms with Crippen LogP contribution in [0, 0.1) is 11.3 Å². The quantitative estimate of drug-likeness (QED) is 0.371. The van der Waals surface area contributed by atoms with Crippen LogP contribution in [0.1, 0.15) is 5.56 Å².